The van der Waals surface area contributed by atoms with Crippen LogP contribution in [0.3, 0.4) is 0 Å². The summed E-state index contributed by atoms with van der Waals surface area (Å²) in [7, 11) is 3.25. The highest BCUT2D eigenvalue weighted by molar-refractivity contribution is 8.01. The first kappa shape index (κ1) is 22.7. The number of esters is 1. The molecule has 2 aromatic carbocycles. The Morgan fingerprint density at radius 3 is 2.60 bits per heavy atom. The SMILES string of the molecule is C=CCOC(=O)C[C@H]1S[C@H](c2c(OC)cccc2OC)c2cc(Cl)ccc2NC1S. The molecule has 3 atom stereocenters. The number of methoxy groups -OCH3 is 2. The third kappa shape index (κ3) is 5.02. The number of thioether (sulfide) groups is 1. The van der Waals surface area contributed by atoms with Crippen molar-refractivity contribution in [2.75, 3.05) is 26.1 Å². The van der Waals surface area contributed by atoms with Crippen molar-refractivity contribution in [2.45, 2.75) is 22.3 Å². The van der Waals surface area contributed by atoms with Gasteiger partial charge < -0.3 is 19.5 Å². The molecule has 8 heteroatoms. The quantitative estimate of drug-likeness (QED) is 0.326. The zero-order valence-electron chi connectivity index (χ0n) is 16.8. The second-order valence-corrected chi connectivity index (χ2v) is 8.97. The van der Waals surface area contributed by atoms with Gasteiger partial charge in [0.25, 0.3) is 0 Å². The van der Waals surface area contributed by atoms with Gasteiger partial charge in [-0.25, -0.2) is 0 Å². The first-order chi connectivity index (χ1) is 14.5. The molecule has 160 valence electrons. The Hall–Kier alpha value is -1.96. The van der Waals surface area contributed by atoms with Crippen molar-refractivity contribution in [3.05, 3.63) is 65.2 Å². The van der Waals surface area contributed by atoms with E-state index >= 15 is 0 Å². The zero-order valence-corrected chi connectivity index (χ0v) is 19.2. The van der Waals surface area contributed by atoms with Crippen molar-refractivity contribution in [1.82, 2.24) is 0 Å². The summed E-state index contributed by atoms with van der Waals surface area (Å²) in [6, 6.07) is 11.3. The monoisotopic (exact) mass is 465 g/mol. The van der Waals surface area contributed by atoms with Crippen LogP contribution in [0.1, 0.15) is 22.8 Å². The number of halogens is 1. The van der Waals surface area contributed by atoms with Gasteiger partial charge in [0.1, 0.15) is 18.1 Å². The molecule has 0 fully saturated rings. The molecule has 0 radical (unpaired) electrons. The third-order valence-electron chi connectivity index (χ3n) is 4.72. The van der Waals surface area contributed by atoms with E-state index in [-0.39, 0.29) is 34.9 Å². The molecular formula is C22H24ClNO4S2. The van der Waals surface area contributed by atoms with Crippen LogP contribution in [0.5, 0.6) is 11.5 Å². The lowest BCUT2D eigenvalue weighted by atomic mass is 10.0. The Bertz CT molecular complexity index is 902. The maximum absolute atomic E-state index is 12.3. The number of hydrogen-bond acceptors (Lipinski definition) is 7. The van der Waals surface area contributed by atoms with E-state index in [0.29, 0.717) is 16.5 Å². The fraction of sp³-hybridized carbons (Fsp3) is 0.318. The van der Waals surface area contributed by atoms with Gasteiger partial charge in [-0.15, -0.1) is 11.8 Å². The number of thiol groups is 1. The summed E-state index contributed by atoms with van der Waals surface area (Å²) in [5.74, 6) is 1.09. The van der Waals surface area contributed by atoms with Crippen LogP contribution in [0.25, 0.3) is 0 Å². The van der Waals surface area contributed by atoms with Gasteiger partial charge in [-0.1, -0.05) is 30.3 Å². The average molecular weight is 466 g/mol. The fourth-order valence-electron chi connectivity index (χ4n) is 3.35. The van der Waals surface area contributed by atoms with Gasteiger partial charge >= 0.3 is 5.97 Å². The number of carbonyl (C=O) groups excluding carboxylic acids is 1. The molecular weight excluding hydrogens is 442 g/mol. The lowest BCUT2D eigenvalue weighted by Crippen LogP contribution is -2.28. The standard InChI is InChI=1S/C22H24ClNO4S2/c1-4-10-28-19(25)12-18-22(29)24-15-9-8-13(23)11-14(15)21(30-18)20-16(26-2)6-5-7-17(20)27-3/h4-9,11,18,21-22,24,29H,1,10,12H2,2-3H3/t18-,21+,22?/m1/s1. The van der Waals surface area contributed by atoms with E-state index in [1.54, 1.807) is 32.1 Å². The average Bonchev–Trinajstić information content (AvgIpc) is 2.88. The van der Waals surface area contributed by atoms with Crippen molar-refractivity contribution in [2.24, 2.45) is 0 Å². The molecule has 1 aliphatic heterocycles. The number of rotatable bonds is 7. The van der Waals surface area contributed by atoms with E-state index in [0.717, 1.165) is 16.8 Å². The van der Waals surface area contributed by atoms with Crippen molar-refractivity contribution < 1.29 is 19.0 Å². The van der Waals surface area contributed by atoms with Gasteiger partial charge in [-0.2, -0.15) is 12.6 Å². The van der Waals surface area contributed by atoms with Crippen molar-refractivity contribution >= 4 is 47.6 Å². The zero-order chi connectivity index (χ0) is 21.7. The molecule has 1 N–H and O–H groups in total. The largest absolute Gasteiger partial charge is 0.496 e. The van der Waals surface area contributed by atoms with E-state index in [2.05, 4.69) is 11.9 Å². The summed E-state index contributed by atoms with van der Waals surface area (Å²) < 4.78 is 16.5. The Balaban J connectivity index is 2.08. The highest BCUT2D eigenvalue weighted by Crippen LogP contribution is 2.52. The second-order valence-electron chi connectivity index (χ2n) is 6.63. The molecule has 0 bridgehead atoms. The molecule has 3 rings (SSSR count). The number of hydrogen-bond donors (Lipinski definition) is 2. The molecule has 0 aliphatic carbocycles. The van der Waals surface area contributed by atoms with Crippen LogP contribution in [-0.2, 0) is 9.53 Å². The smallest absolute Gasteiger partial charge is 0.307 e. The van der Waals surface area contributed by atoms with Gasteiger partial charge in [0, 0.05) is 16.0 Å². The topological polar surface area (TPSA) is 56.8 Å². The molecule has 0 amide bonds. The van der Waals surface area contributed by atoms with Crippen LogP contribution in [0, 0.1) is 0 Å². The Kier molecular flexibility index (Phi) is 7.86. The van der Waals surface area contributed by atoms with Gasteiger partial charge in [-0.3, -0.25) is 4.79 Å². The minimum absolute atomic E-state index is 0.181. The van der Waals surface area contributed by atoms with Crippen LogP contribution in [0.2, 0.25) is 5.02 Å². The van der Waals surface area contributed by atoms with Crippen molar-refractivity contribution in [1.29, 1.82) is 0 Å². The molecule has 0 spiro atoms. The summed E-state index contributed by atoms with van der Waals surface area (Å²) in [4.78, 5) is 12.3. The number of anilines is 1. The van der Waals surface area contributed by atoms with Crippen molar-refractivity contribution in [3.63, 3.8) is 0 Å². The highest BCUT2D eigenvalue weighted by Gasteiger charge is 2.35. The first-order valence-electron chi connectivity index (χ1n) is 9.35. The van der Waals surface area contributed by atoms with Gasteiger partial charge in [-0.05, 0) is 35.9 Å². The Labute approximate surface area is 191 Å². The normalized spacial score (nSPS) is 20.3. The van der Waals surface area contributed by atoms with Crippen molar-refractivity contribution in [3.8, 4) is 11.5 Å². The fourth-order valence-corrected chi connectivity index (χ4v) is 5.50. The molecule has 30 heavy (non-hydrogen) atoms. The summed E-state index contributed by atoms with van der Waals surface area (Å²) in [6.07, 6.45) is 1.74. The molecule has 1 aliphatic rings. The highest BCUT2D eigenvalue weighted by atomic mass is 35.5. The molecule has 2 aromatic rings. The van der Waals surface area contributed by atoms with Crippen LogP contribution >= 0.6 is 36.0 Å². The van der Waals surface area contributed by atoms with Crippen LogP contribution in [0.4, 0.5) is 5.69 Å². The lowest BCUT2D eigenvalue weighted by Gasteiger charge is -2.25. The number of ether oxygens (including phenoxy) is 3. The Morgan fingerprint density at radius 2 is 1.97 bits per heavy atom. The van der Waals surface area contributed by atoms with Gasteiger partial charge in [0.15, 0.2) is 0 Å². The lowest BCUT2D eigenvalue weighted by molar-refractivity contribution is -0.142. The van der Waals surface area contributed by atoms with Crippen LogP contribution in [0.15, 0.2) is 49.1 Å². The molecule has 0 aromatic heterocycles. The van der Waals surface area contributed by atoms with E-state index < -0.39 is 0 Å². The predicted molar refractivity (Wildman–Crippen MR) is 126 cm³/mol. The van der Waals surface area contributed by atoms with Crippen LogP contribution in [-0.4, -0.2) is 37.4 Å². The summed E-state index contributed by atoms with van der Waals surface area (Å²) in [5.41, 5.74) is 2.74. The summed E-state index contributed by atoms with van der Waals surface area (Å²) >= 11 is 12.7. The summed E-state index contributed by atoms with van der Waals surface area (Å²) in [5, 5.41) is 3.36. The molecule has 0 saturated heterocycles. The second kappa shape index (κ2) is 10.4. The minimum Gasteiger partial charge on any atom is -0.496 e. The van der Waals surface area contributed by atoms with Gasteiger partial charge in [0.05, 0.1) is 36.8 Å². The predicted octanol–water partition coefficient (Wildman–Crippen LogP) is 5.35. The summed E-state index contributed by atoms with van der Waals surface area (Å²) in [6.45, 7) is 3.77. The van der Waals surface area contributed by atoms with E-state index in [1.165, 1.54) is 0 Å². The van der Waals surface area contributed by atoms with E-state index in [4.69, 9.17) is 38.4 Å². The van der Waals surface area contributed by atoms with Gasteiger partial charge in [0.2, 0.25) is 0 Å². The number of fused-ring (bicyclic) bond motifs is 1. The molecule has 0 saturated carbocycles. The maximum atomic E-state index is 12.3. The number of nitrogens with one attached hydrogen (secondary N) is 1. The number of benzene rings is 2. The van der Waals surface area contributed by atoms with E-state index in [9.17, 15) is 4.79 Å². The third-order valence-corrected chi connectivity index (χ3v) is 7.20. The maximum Gasteiger partial charge on any atom is 0.307 e. The molecule has 1 unspecified atom stereocenters. The molecule has 5 nitrogen and oxygen atoms in total. The molecule has 1 heterocycles. The minimum atomic E-state index is -0.303. The van der Waals surface area contributed by atoms with E-state index in [1.807, 2.05) is 36.4 Å². The number of carbonyl (C=O) groups is 1. The first-order valence-corrected chi connectivity index (χ1v) is 11.2. The Morgan fingerprint density at radius 1 is 1.27 bits per heavy atom. The van der Waals surface area contributed by atoms with Crippen LogP contribution < -0.4 is 14.8 Å².